The maximum atomic E-state index is 12.8. The second-order valence-electron chi connectivity index (χ2n) is 6.50. The predicted octanol–water partition coefficient (Wildman–Crippen LogP) is 3.22. The summed E-state index contributed by atoms with van der Waals surface area (Å²) in [6.07, 6.45) is 1.75. The van der Waals surface area contributed by atoms with Gasteiger partial charge in [0.05, 0.1) is 12.1 Å². The van der Waals surface area contributed by atoms with Crippen LogP contribution in [0, 0.1) is 0 Å². The molecule has 0 radical (unpaired) electrons. The molecule has 1 atom stereocenters. The van der Waals surface area contributed by atoms with E-state index < -0.39 is 0 Å². The molecule has 1 aliphatic heterocycles. The second-order valence-corrected chi connectivity index (χ2v) is 7.53. The molecule has 27 heavy (non-hydrogen) atoms. The van der Waals surface area contributed by atoms with Crippen LogP contribution in [-0.4, -0.2) is 30.5 Å². The van der Waals surface area contributed by atoms with Crippen LogP contribution in [0.5, 0.6) is 0 Å². The van der Waals surface area contributed by atoms with Crippen molar-refractivity contribution in [3.8, 4) is 0 Å². The number of amides is 1. The molecule has 138 valence electrons. The number of aromatic nitrogens is 1. The van der Waals surface area contributed by atoms with Gasteiger partial charge in [-0.05, 0) is 29.1 Å². The lowest BCUT2D eigenvalue weighted by Crippen LogP contribution is -2.46. The largest absolute Gasteiger partial charge is 0.353 e. The maximum Gasteiger partial charge on any atom is 0.255 e. The molecule has 3 heterocycles. The van der Waals surface area contributed by atoms with E-state index in [0.29, 0.717) is 12.1 Å². The summed E-state index contributed by atoms with van der Waals surface area (Å²) in [5.41, 5.74) is 1.88. The lowest BCUT2D eigenvalue weighted by Gasteiger charge is -2.35. The van der Waals surface area contributed by atoms with Crippen molar-refractivity contribution < 1.29 is 4.79 Å². The van der Waals surface area contributed by atoms with Gasteiger partial charge in [0.1, 0.15) is 5.82 Å². The summed E-state index contributed by atoms with van der Waals surface area (Å²) >= 11 is 1.64. The minimum atomic E-state index is -0.0821. The Bertz CT molecular complexity index is 882. The number of anilines is 1. The van der Waals surface area contributed by atoms with Crippen LogP contribution < -0.4 is 15.5 Å². The van der Waals surface area contributed by atoms with Gasteiger partial charge >= 0.3 is 0 Å². The van der Waals surface area contributed by atoms with Crippen molar-refractivity contribution >= 4 is 23.1 Å². The van der Waals surface area contributed by atoms with Crippen molar-refractivity contribution in [2.75, 3.05) is 24.5 Å². The molecule has 1 amide bonds. The molecule has 2 N–H and O–H groups in total. The quantitative estimate of drug-likeness (QED) is 0.716. The average molecular weight is 379 g/mol. The van der Waals surface area contributed by atoms with Crippen LogP contribution in [-0.2, 0) is 6.54 Å². The lowest BCUT2D eigenvalue weighted by atomic mass is 10.0. The van der Waals surface area contributed by atoms with E-state index in [2.05, 4.69) is 44.8 Å². The van der Waals surface area contributed by atoms with Gasteiger partial charge < -0.3 is 15.5 Å². The van der Waals surface area contributed by atoms with Crippen LogP contribution in [0.2, 0.25) is 0 Å². The molecule has 5 nitrogen and oxygen atoms in total. The summed E-state index contributed by atoms with van der Waals surface area (Å²) in [5, 5.41) is 8.59. The Labute approximate surface area is 163 Å². The third-order valence-corrected chi connectivity index (χ3v) is 5.59. The van der Waals surface area contributed by atoms with Crippen LogP contribution >= 0.6 is 11.3 Å². The van der Waals surface area contributed by atoms with Gasteiger partial charge in [-0.3, -0.25) is 4.79 Å². The third kappa shape index (κ3) is 4.18. The van der Waals surface area contributed by atoms with Gasteiger partial charge in [0.15, 0.2) is 0 Å². The van der Waals surface area contributed by atoms with Gasteiger partial charge in [-0.2, -0.15) is 0 Å². The fourth-order valence-corrected chi connectivity index (χ4v) is 4.00. The van der Waals surface area contributed by atoms with Crippen molar-refractivity contribution in [2.24, 2.45) is 0 Å². The number of rotatable bonds is 5. The first-order chi connectivity index (χ1) is 13.3. The topological polar surface area (TPSA) is 57.3 Å². The summed E-state index contributed by atoms with van der Waals surface area (Å²) in [5.74, 6) is 0.671. The van der Waals surface area contributed by atoms with Gasteiger partial charge in [-0.25, -0.2) is 4.98 Å². The molecule has 0 aliphatic carbocycles. The van der Waals surface area contributed by atoms with E-state index in [1.165, 1.54) is 5.56 Å². The Morgan fingerprint density at radius 3 is 2.89 bits per heavy atom. The molecule has 1 aromatic carbocycles. The highest BCUT2D eigenvalue weighted by Gasteiger charge is 2.25. The molecular weight excluding hydrogens is 356 g/mol. The predicted molar refractivity (Wildman–Crippen MR) is 109 cm³/mol. The van der Waals surface area contributed by atoms with Crippen molar-refractivity contribution in [1.82, 2.24) is 15.6 Å². The smallest absolute Gasteiger partial charge is 0.255 e. The van der Waals surface area contributed by atoms with E-state index in [1.54, 1.807) is 17.5 Å². The first-order valence-corrected chi connectivity index (χ1v) is 9.98. The molecule has 2 aromatic heterocycles. The lowest BCUT2D eigenvalue weighted by molar-refractivity contribution is 0.0951. The van der Waals surface area contributed by atoms with Gasteiger partial charge in [-0.15, -0.1) is 11.3 Å². The third-order valence-electron chi connectivity index (χ3n) is 4.71. The van der Waals surface area contributed by atoms with E-state index >= 15 is 0 Å². The number of nitrogens with zero attached hydrogens (tertiary/aromatic N) is 2. The molecule has 6 heteroatoms. The van der Waals surface area contributed by atoms with E-state index in [0.717, 1.165) is 30.3 Å². The highest BCUT2D eigenvalue weighted by Crippen LogP contribution is 2.24. The normalized spacial score (nSPS) is 16.9. The molecule has 1 fully saturated rings. The van der Waals surface area contributed by atoms with Crippen LogP contribution in [0.1, 0.15) is 26.8 Å². The number of carbonyl (C=O) groups excluding carboxylic acids is 1. The van der Waals surface area contributed by atoms with Gasteiger partial charge in [-0.1, -0.05) is 36.4 Å². The van der Waals surface area contributed by atoms with Crippen LogP contribution in [0.3, 0.4) is 0 Å². The number of piperazine rings is 1. The second kappa shape index (κ2) is 8.33. The standard InChI is InChI=1S/C21H22N4OS/c26-21(24-14-17-8-5-13-27-17)18-9-4-10-23-20(18)25-12-11-22-19(15-25)16-6-2-1-3-7-16/h1-10,13,19,22H,11-12,14-15H2,(H,24,26). The summed E-state index contributed by atoms with van der Waals surface area (Å²) < 4.78 is 0. The first kappa shape index (κ1) is 17.7. The number of nitrogens with one attached hydrogen (secondary N) is 2. The zero-order chi connectivity index (χ0) is 18.5. The Morgan fingerprint density at radius 2 is 2.07 bits per heavy atom. The van der Waals surface area contributed by atoms with Crippen LogP contribution in [0.4, 0.5) is 5.82 Å². The minimum Gasteiger partial charge on any atom is -0.353 e. The number of pyridine rings is 1. The van der Waals surface area contributed by atoms with Crippen molar-refractivity contribution in [2.45, 2.75) is 12.6 Å². The van der Waals surface area contributed by atoms with Gasteiger partial charge in [0.2, 0.25) is 0 Å². The minimum absolute atomic E-state index is 0.0821. The monoisotopic (exact) mass is 378 g/mol. The Kier molecular flexibility index (Phi) is 5.46. The number of hydrogen-bond donors (Lipinski definition) is 2. The zero-order valence-corrected chi connectivity index (χ0v) is 15.8. The summed E-state index contributed by atoms with van der Waals surface area (Å²) in [6.45, 7) is 3.00. The molecule has 3 aromatic rings. The van der Waals surface area contributed by atoms with Crippen LogP contribution in [0.25, 0.3) is 0 Å². The number of carbonyl (C=O) groups is 1. The Balaban J connectivity index is 1.50. The fraction of sp³-hybridized carbons (Fsp3) is 0.238. The van der Waals surface area contributed by atoms with E-state index in [9.17, 15) is 4.79 Å². The first-order valence-electron chi connectivity index (χ1n) is 9.10. The molecule has 0 bridgehead atoms. The molecule has 0 spiro atoms. The molecule has 1 saturated heterocycles. The molecule has 1 unspecified atom stereocenters. The van der Waals surface area contributed by atoms with Crippen molar-refractivity contribution in [3.63, 3.8) is 0 Å². The number of hydrogen-bond acceptors (Lipinski definition) is 5. The Hall–Kier alpha value is -2.70. The summed E-state index contributed by atoms with van der Waals surface area (Å²) in [6, 6.07) is 18.3. The summed E-state index contributed by atoms with van der Waals surface area (Å²) in [7, 11) is 0. The van der Waals surface area contributed by atoms with Crippen molar-refractivity contribution in [3.05, 3.63) is 82.2 Å². The Morgan fingerprint density at radius 1 is 1.19 bits per heavy atom. The average Bonchev–Trinajstić information content (AvgIpc) is 3.26. The highest BCUT2D eigenvalue weighted by molar-refractivity contribution is 7.09. The SMILES string of the molecule is O=C(NCc1cccs1)c1cccnc1N1CCNC(c2ccccc2)C1. The van der Waals surface area contributed by atoms with E-state index in [1.807, 2.05) is 35.7 Å². The molecule has 4 rings (SSSR count). The number of benzene rings is 1. The highest BCUT2D eigenvalue weighted by atomic mass is 32.1. The van der Waals surface area contributed by atoms with E-state index in [-0.39, 0.29) is 11.9 Å². The van der Waals surface area contributed by atoms with E-state index in [4.69, 9.17) is 0 Å². The molecule has 0 saturated carbocycles. The zero-order valence-electron chi connectivity index (χ0n) is 15.0. The molecule has 1 aliphatic rings. The van der Waals surface area contributed by atoms with Crippen LogP contribution in [0.15, 0.2) is 66.2 Å². The summed E-state index contributed by atoms with van der Waals surface area (Å²) in [4.78, 5) is 20.6. The van der Waals surface area contributed by atoms with Gasteiger partial charge in [0, 0.05) is 36.8 Å². The fourth-order valence-electron chi connectivity index (χ4n) is 3.35. The van der Waals surface area contributed by atoms with Crippen molar-refractivity contribution in [1.29, 1.82) is 0 Å². The molecular formula is C21H22N4OS. The van der Waals surface area contributed by atoms with Gasteiger partial charge in [0.25, 0.3) is 5.91 Å². The maximum absolute atomic E-state index is 12.8. The number of thiophene rings is 1.